The van der Waals surface area contributed by atoms with E-state index in [2.05, 4.69) is 31.1 Å². The highest BCUT2D eigenvalue weighted by molar-refractivity contribution is 5.79. The number of rotatable bonds is 7. The summed E-state index contributed by atoms with van der Waals surface area (Å²) in [6.07, 6.45) is 2.01. The third-order valence-electron chi connectivity index (χ3n) is 2.84. The smallest absolute Gasteiger partial charge is 0.407 e. The number of ether oxygens (including phenoxy) is 1. The van der Waals surface area contributed by atoms with Crippen LogP contribution in [0.5, 0.6) is 0 Å². The molecular formula is C15H29N7O2. The molecule has 0 saturated heterocycles. The van der Waals surface area contributed by atoms with Crippen LogP contribution < -0.4 is 16.0 Å². The topological polar surface area (TPSA) is 105 Å². The number of aliphatic imine (C=N–C) groups is 1. The molecule has 0 radical (unpaired) electrons. The highest BCUT2D eigenvalue weighted by Crippen LogP contribution is 2.06. The molecule has 0 fully saturated rings. The Morgan fingerprint density at radius 1 is 1.29 bits per heavy atom. The van der Waals surface area contributed by atoms with Crippen molar-refractivity contribution in [3.05, 3.63) is 12.2 Å². The second kappa shape index (κ2) is 9.74. The Hall–Kier alpha value is -2.32. The molecule has 1 aromatic heterocycles. The third-order valence-corrected chi connectivity index (χ3v) is 2.84. The van der Waals surface area contributed by atoms with Crippen molar-refractivity contribution < 1.29 is 9.53 Å². The zero-order chi connectivity index (χ0) is 18.0. The zero-order valence-electron chi connectivity index (χ0n) is 15.2. The number of carbonyl (C=O) groups is 1. The van der Waals surface area contributed by atoms with Crippen molar-refractivity contribution in [1.82, 2.24) is 30.7 Å². The van der Waals surface area contributed by atoms with E-state index >= 15 is 0 Å². The Balaban J connectivity index is 2.29. The number of nitrogens with one attached hydrogen (secondary N) is 3. The Kier molecular flexibility index (Phi) is 8.00. The van der Waals surface area contributed by atoms with Gasteiger partial charge in [0.05, 0.1) is 0 Å². The predicted molar refractivity (Wildman–Crippen MR) is 92.7 cm³/mol. The lowest BCUT2D eigenvalue weighted by Crippen LogP contribution is -2.39. The van der Waals surface area contributed by atoms with Crippen LogP contribution in [0.2, 0.25) is 0 Å². The second-order valence-electron chi connectivity index (χ2n) is 6.26. The van der Waals surface area contributed by atoms with Crippen molar-refractivity contribution in [2.24, 2.45) is 12.0 Å². The van der Waals surface area contributed by atoms with Crippen LogP contribution in [-0.2, 0) is 18.3 Å². The van der Waals surface area contributed by atoms with Crippen molar-refractivity contribution in [2.75, 3.05) is 19.6 Å². The maximum Gasteiger partial charge on any atom is 0.407 e. The van der Waals surface area contributed by atoms with Gasteiger partial charge in [0.25, 0.3) is 0 Å². The number of nitrogens with zero attached hydrogens (tertiary/aromatic N) is 4. The zero-order valence-corrected chi connectivity index (χ0v) is 15.2. The van der Waals surface area contributed by atoms with Gasteiger partial charge in [-0.1, -0.05) is 0 Å². The highest BCUT2D eigenvalue weighted by atomic mass is 16.6. The van der Waals surface area contributed by atoms with Gasteiger partial charge in [-0.15, -0.1) is 10.2 Å². The Bertz CT molecular complexity index is 534. The van der Waals surface area contributed by atoms with Gasteiger partial charge in [-0.25, -0.2) is 9.79 Å². The summed E-state index contributed by atoms with van der Waals surface area (Å²) in [5, 5.41) is 16.9. The number of aromatic nitrogens is 3. The van der Waals surface area contributed by atoms with Crippen LogP contribution >= 0.6 is 0 Å². The molecule has 1 rings (SSSR count). The van der Waals surface area contributed by atoms with Crippen LogP contribution in [0.4, 0.5) is 4.79 Å². The standard InChI is InChI=1S/C15H29N7O2/c1-6-16-13(19-10-12-21-20-11-22(12)5)17-8-7-9-18-14(23)24-15(2,3)4/h11H,6-10H2,1-5H3,(H,18,23)(H2,16,17,19). The molecule has 9 nitrogen and oxygen atoms in total. The number of hydrogen-bond acceptors (Lipinski definition) is 5. The summed E-state index contributed by atoms with van der Waals surface area (Å²) in [4.78, 5) is 16.0. The van der Waals surface area contributed by atoms with Crippen LogP contribution in [0.15, 0.2) is 11.3 Å². The molecular weight excluding hydrogens is 310 g/mol. The first-order valence-corrected chi connectivity index (χ1v) is 8.13. The van der Waals surface area contributed by atoms with Crippen LogP contribution in [0.25, 0.3) is 0 Å². The summed E-state index contributed by atoms with van der Waals surface area (Å²) >= 11 is 0. The van der Waals surface area contributed by atoms with E-state index in [9.17, 15) is 4.79 Å². The maximum absolute atomic E-state index is 11.5. The molecule has 0 aliphatic rings. The largest absolute Gasteiger partial charge is 0.444 e. The lowest BCUT2D eigenvalue weighted by Gasteiger charge is -2.19. The van der Waals surface area contributed by atoms with E-state index in [1.54, 1.807) is 6.33 Å². The van der Waals surface area contributed by atoms with Gasteiger partial charge in [-0.05, 0) is 34.1 Å². The third kappa shape index (κ3) is 8.35. The molecule has 0 unspecified atom stereocenters. The van der Waals surface area contributed by atoms with E-state index in [0.717, 1.165) is 18.8 Å². The lowest BCUT2D eigenvalue weighted by molar-refractivity contribution is 0.0527. The Morgan fingerprint density at radius 2 is 2.00 bits per heavy atom. The molecule has 1 heterocycles. The van der Waals surface area contributed by atoms with E-state index < -0.39 is 11.7 Å². The number of carbonyl (C=O) groups excluding carboxylic acids is 1. The SMILES string of the molecule is CCNC(=NCc1nncn1C)NCCCNC(=O)OC(C)(C)C. The average Bonchev–Trinajstić information content (AvgIpc) is 2.87. The van der Waals surface area contributed by atoms with E-state index in [1.807, 2.05) is 39.3 Å². The van der Waals surface area contributed by atoms with Gasteiger partial charge in [0.1, 0.15) is 18.5 Å². The summed E-state index contributed by atoms with van der Waals surface area (Å²) < 4.78 is 7.00. The molecule has 0 aliphatic carbocycles. The van der Waals surface area contributed by atoms with Gasteiger partial charge >= 0.3 is 6.09 Å². The minimum atomic E-state index is -0.479. The number of hydrogen-bond donors (Lipinski definition) is 3. The fraction of sp³-hybridized carbons (Fsp3) is 0.733. The molecule has 0 spiro atoms. The molecule has 1 aromatic rings. The monoisotopic (exact) mass is 339 g/mol. The quantitative estimate of drug-likeness (QED) is 0.385. The van der Waals surface area contributed by atoms with Crippen LogP contribution in [0, 0.1) is 0 Å². The number of amides is 1. The van der Waals surface area contributed by atoms with Gasteiger partial charge < -0.3 is 25.3 Å². The van der Waals surface area contributed by atoms with Crippen molar-refractivity contribution in [1.29, 1.82) is 0 Å². The van der Waals surface area contributed by atoms with Crippen molar-refractivity contribution >= 4 is 12.1 Å². The molecule has 24 heavy (non-hydrogen) atoms. The van der Waals surface area contributed by atoms with Crippen LogP contribution in [-0.4, -0.2) is 52.1 Å². The molecule has 0 atom stereocenters. The molecule has 9 heteroatoms. The van der Waals surface area contributed by atoms with Crippen molar-refractivity contribution in [2.45, 2.75) is 46.3 Å². The lowest BCUT2D eigenvalue weighted by atomic mass is 10.2. The summed E-state index contributed by atoms with van der Waals surface area (Å²) in [7, 11) is 1.88. The summed E-state index contributed by atoms with van der Waals surface area (Å²) in [5.41, 5.74) is -0.479. The van der Waals surface area contributed by atoms with Crippen LogP contribution in [0.1, 0.15) is 39.9 Å². The first-order valence-electron chi connectivity index (χ1n) is 8.13. The summed E-state index contributed by atoms with van der Waals surface area (Å²) in [6, 6.07) is 0. The maximum atomic E-state index is 11.5. The van der Waals surface area contributed by atoms with Crippen LogP contribution in [0.3, 0.4) is 0 Å². The first kappa shape index (κ1) is 19.7. The molecule has 0 bridgehead atoms. The normalized spacial score (nSPS) is 12.0. The molecule has 0 aromatic carbocycles. The van der Waals surface area contributed by atoms with Gasteiger partial charge in [0.15, 0.2) is 11.8 Å². The molecule has 3 N–H and O–H groups in total. The van der Waals surface area contributed by atoms with Crippen molar-refractivity contribution in [3.63, 3.8) is 0 Å². The van der Waals surface area contributed by atoms with Gasteiger partial charge in [0.2, 0.25) is 0 Å². The van der Waals surface area contributed by atoms with Gasteiger partial charge in [0, 0.05) is 26.7 Å². The van der Waals surface area contributed by atoms with Crippen molar-refractivity contribution in [3.8, 4) is 0 Å². The summed E-state index contributed by atoms with van der Waals surface area (Å²) in [5.74, 6) is 1.50. The van der Waals surface area contributed by atoms with E-state index in [1.165, 1.54) is 0 Å². The number of guanidine groups is 1. The number of aryl methyl sites for hydroxylation is 1. The van der Waals surface area contributed by atoms with Gasteiger partial charge in [-0.2, -0.15) is 0 Å². The van der Waals surface area contributed by atoms with E-state index in [4.69, 9.17) is 4.74 Å². The Labute approximate surface area is 143 Å². The fourth-order valence-corrected chi connectivity index (χ4v) is 1.74. The summed E-state index contributed by atoms with van der Waals surface area (Å²) in [6.45, 7) is 9.94. The Morgan fingerprint density at radius 3 is 2.58 bits per heavy atom. The highest BCUT2D eigenvalue weighted by Gasteiger charge is 2.15. The minimum Gasteiger partial charge on any atom is -0.444 e. The first-order chi connectivity index (χ1) is 11.3. The molecule has 1 amide bonds. The fourth-order valence-electron chi connectivity index (χ4n) is 1.74. The number of alkyl carbamates (subject to hydrolysis) is 1. The average molecular weight is 339 g/mol. The van der Waals surface area contributed by atoms with E-state index in [0.29, 0.717) is 25.6 Å². The molecule has 0 aliphatic heterocycles. The predicted octanol–water partition coefficient (Wildman–Crippen LogP) is 0.785. The minimum absolute atomic E-state index is 0.398. The second-order valence-corrected chi connectivity index (χ2v) is 6.26. The molecule has 136 valence electrons. The van der Waals surface area contributed by atoms with E-state index in [-0.39, 0.29) is 0 Å². The van der Waals surface area contributed by atoms with Gasteiger partial charge in [-0.3, -0.25) is 0 Å². The molecule has 0 saturated carbocycles.